The number of carbonyl (C=O) groups excluding carboxylic acids is 1. The van der Waals surface area contributed by atoms with E-state index in [1.807, 2.05) is 6.07 Å². The Balaban J connectivity index is 2.16. The van der Waals surface area contributed by atoms with E-state index in [0.29, 0.717) is 24.4 Å². The van der Waals surface area contributed by atoms with Gasteiger partial charge in [-0.2, -0.15) is 0 Å². The lowest BCUT2D eigenvalue weighted by atomic mass is 10.1. The van der Waals surface area contributed by atoms with Crippen LogP contribution in [-0.4, -0.2) is 23.9 Å². The summed E-state index contributed by atoms with van der Waals surface area (Å²) in [6.07, 6.45) is 3.34. The summed E-state index contributed by atoms with van der Waals surface area (Å²) in [6, 6.07) is 13.1. The van der Waals surface area contributed by atoms with Crippen LogP contribution in [0.25, 0.3) is 0 Å². The molecule has 0 aliphatic heterocycles. The van der Waals surface area contributed by atoms with E-state index >= 15 is 0 Å². The SMILES string of the molecule is C=CCN(CC=C)C(=O)c1ccccc1OCc1ccc(F)cc1. The Hall–Kier alpha value is -2.88. The minimum absolute atomic E-state index is 0.149. The highest BCUT2D eigenvalue weighted by atomic mass is 19.1. The van der Waals surface area contributed by atoms with Crippen LogP contribution in [0.5, 0.6) is 5.75 Å². The van der Waals surface area contributed by atoms with Gasteiger partial charge in [-0.15, -0.1) is 13.2 Å². The second-order valence-electron chi connectivity index (χ2n) is 5.20. The summed E-state index contributed by atoms with van der Waals surface area (Å²) >= 11 is 0. The molecule has 0 saturated heterocycles. The van der Waals surface area contributed by atoms with Gasteiger partial charge in [-0.1, -0.05) is 36.4 Å². The molecule has 0 atom stereocenters. The number of para-hydroxylation sites is 1. The third-order valence-electron chi connectivity index (χ3n) is 3.41. The Morgan fingerprint density at radius 3 is 2.29 bits per heavy atom. The maximum absolute atomic E-state index is 12.9. The van der Waals surface area contributed by atoms with E-state index in [4.69, 9.17) is 4.74 Å². The number of hydrogen-bond donors (Lipinski definition) is 0. The molecule has 4 heteroatoms. The maximum atomic E-state index is 12.9. The molecule has 0 radical (unpaired) electrons. The number of hydrogen-bond acceptors (Lipinski definition) is 2. The fourth-order valence-electron chi connectivity index (χ4n) is 2.23. The number of rotatable bonds is 8. The average Bonchev–Trinajstić information content (AvgIpc) is 2.61. The number of amides is 1. The lowest BCUT2D eigenvalue weighted by molar-refractivity contribution is 0.0786. The van der Waals surface area contributed by atoms with E-state index < -0.39 is 0 Å². The molecule has 0 aliphatic rings. The van der Waals surface area contributed by atoms with Crippen molar-refractivity contribution in [1.82, 2.24) is 4.90 Å². The number of ether oxygens (including phenoxy) is 1. The third kappa shape index (κ3) is 4.56. The van der Waals surface area contributed by atoms with Crippen molar-refractivity contribution in [1.29, 1.82) is 0 Å². The summed E-state index contributed by atoms with van der Waals surface area (Å²) in [4.78, 5) is 14.3. The van der Waals surface area contributed by atoms with E-state index in [0.717, 1.165) is 5.56 Å². The van der Waals surface area contributed by atoms with Gasteiger partial charge in [0.25, 0.3) is 5.91 Å². The molecule has 0 N–H and O–H groups in total. The molecule has 2 aromatic rings. The van der Waals surface area contributed by atoms with Gasteiger partial charge >= 0.3 is 0 Å². The second kappa shape index (κ2) is 8.67. The van der Waals surface area contributed by atoms with Gasteiger partial charge in [0.05, 0.1) is 5.56 Å². The summed E-state index contributed by atoms with van der Waals surface area (Å²) in [7, 11) is 0. The van der Waals surface area contributed by atoms with Gasteiger partial charge in [-0.25, -0.2) is 4.39 Å². The van der Waals surface area contributed by atoms with Crippen LogP contribution >= 0.6 is 0 Å². The summed E-state index contributed by atoms with van der Waals surface area (Å²) in [5, 5.41) is 0. The zero-order valence-electron chi connectivity index (χ0n) is 13.5. The highest BCUT2D eigenvalue weighted by Gasteiger charge is 2.17. The van der Waals surface area contributed by atoms with Crippen molar-refractivity contribution in [2.75, 3.05) is 13.1 Å². The predicted molar refractivity (Wildman–Crippen MR) is 93.5 cm³/mol. The Bertz CT molecular complexity index is 700. The van der Waals surface area contributed by atoms with Crippen LogP contribution < -0.4 is 4.74 Å². The third-order valence-corrected chi connectivity index (χ3v) is 3.41. The molecule has 0 bridgehead atoms. The van der Waals surface area contributed by atoms with Crippen LogP contribution in [0.1, 0.15) is 15.9 Å². The van der Waals surface area contributed by atoms with Crippen molar-refractivity contribution in [3.05, 3.63) is 90.8 Å². The predicted octanol–water partition coefficient (Wildman–Crippen LogP) is 4.22. The fraction of sp³-hybridized carbons (Fsp3) is 0.150. The van der Waals surface area contributed by atoms with Gasteiger partial charge < -0.3 is 9.64 Å². The van der Waals surface area contributed by atoms with Crippen LogP contribution in [0.3, 0.4) is 0 Å². The van der Waals surface area contributed by atoms with Crippen molar-refractivity contribution in [3.63, 3.8) is 0 Å². The lowest BCUT2D eigenvalue weighted by Gasteiger charge is -2.21. The molecular formula is C20H20FNO2. The lowest BCUT2D eigenvalue weighted by Crippen LogP contribution is -2.31. The van der Waals surface area contributed by atoms with Crippen LogP contribution in [0, 0.1) is 5.82 Å². The van der Waals surface area contributed by atoms with E-state index in [1.54, 1.807) is 47.4 Å². The molecule has 1 amide bonds. The van der Waals surface area contributed by atoms with Crippen LogP contribution in [0.15, 0.2) is 73.8 Å². The Morgan fingerprint density at radius 2 is 1.67 bits per heavy atom. The van der Waals surface area contributed by atoms with Gasteiger partial charge in [0.2, 0.25) is 0 Å². The van der Waals surface area contributed by atoms with Crippen LogP contribution in [-0.2, 0) is 6.61 Å². The van der Waals surface area contributed by atoms with E-state index in [9.17, 15) is 9.18 Å². The Labute approximate surface area is 141 Å². The molecule has 0 unspecified atom stereocenters. The van der Waals surface area contributed by atoms with Crippen molar-refractivity contribution in [3.8, 4) is 5.75 Å². The molecule has 24 heavy (non-hydrogen) atoms. The molecule has 0 aromatic heterocycles. The highest BCUT2D eigenvalue weighted by Crippen LogP contribution is 2.21. The Kier molecular flexibility index (Phi) is 6.32. The zero-order chi connectivity index (χ0) is 17.4. The summed E-state index contributed by atoms with van der Waals surface area (Å²) in [5.74, 6) is 0.0493. The zero-order valence-corrected chi connectivity index (χ0v) is 13.5. The Morgan fingerprint density at radius 1 is 1.04 bits per heavy atom. The molecule has 0 spiro atoms. The second-order valence-corrected chi connectivity index (χ2v) is 5.20. The molecule has 3 nitrogen and oxygen atoms in total. The smallest absolute Gasteiger partial charge is 0.258 e. The summed E-state index contributed by atoms with van der Waals surface area (Å²) < 4.78 is 18.7. The monoisotopic (exact) mass is 325 g/mol. The normalized spacial score (nSPS) is 10.0. The van der Waals surface area contributed by atoms with Crippen molar-refractivity contribution < 1.29 is 13.9 Å². The molecule has 0 saturated carbocycles. The molecule has 0 aliphatic carbocycles. The van der Waals surface area contributed by atoms with Gasteiger partial charge in [-0.05, 0) is 29.8 Å². The average molecular weight is 325 g/mol. The first-order chi connectivity index (χ1) is 11.7. The van der Waals surface area contributed by atoms with Crippen molar-refractivity contribution in [2.45, 2.75) is 6.61 Å². The van der Waals surface area contributed by atoms with E-state index in [-0.39, 0.29) is 18.3 Å². The van der Waals surface area contributed by atoms with Crippen molar-refractivity contribution >= 4 is 5.91 Å². The van der Waals surface area contributed by atoms with E-state index in [2.05, 4.69) is 13.2 Å². The van der Waals surface area contributed by atoms with Gasteiger partial charge in [0.15, 0.2) is 0 Å². The maximum Gasteiger partial charge on any atom is 0.258 e. The topological polar surface area (TPSA) is 29.5 Å². The summed E-state index contributed by atoms with van der Waals surface area (Å²) in [6.45, 7) is 8.46. The standard InChI is InChI=1S/C20H20FNO2/c1-3-13-22(14-4-2)20(23)18-7-5-6-8-19(18)24-15-16-9-11-17(21)12-10-16/h3-12H,1-2,13-15H2. The molecule has 2 aromatic carbocycles. The van der Waals surface area contributed by atoms with Gasteiger partial charge in [0, 0.05) is 13.1 Å². The van der Waals surface area contributed by atoms with Crippen LogP contribution in [0.2, 0.25) is 0 Å². The first-order valence-electron chi connectivity index (χ1n) is 7.63. The minimum Gasteiger partial charge on any atom is -0.488 e. The van der Waals surface area contributed by atoms with E-state index in [1.165, 1.54) is 12.1 Å². The number of benzene rings is 2. The summed E-state index contributed by atoms with van der Waals surface area (Å²) in [5.41, 5.74) is 1.30. The minimum atomic E-state index is -0.293. The number of carbonyl (C=O) groups is 1. The highest BCUT2D eigenvalue weighted by molar-refractivity contribution is 5.97. The van der Waals surface area contributed by atoms with Gasteiger partial charge in [0.1, 0.15) is 18.2 Å². The fourth-order valence-corrected chi connectivity index (χ4v) is 2.23. The number of halogens is 1. The largest absolute Gasteiger partial charge is 0.488 e. The quantitative estimate of drug-likeness (QED) is 0.680. The number of nitrogens with zero attached hydrogens (tertiary/aromatic N) is 1. The first kappa shape index (κ1) is 17.5. The van der Waals surface area contributed by atoms with Gasteiger partial charge in [-0.3, -0.25) is 4.79 Å². The van der Waals surface area contributed by atoms with Crippen molar-refractivity contribution in [2.24, 2.45) is 0 Å². The van der Waals surface area contributed by atoms with Crippen LogP contribution in [0.4, 0.5) is 4.39 Å². The molecular weight excluding hydrogens is 305 g/mol. The first-order valence-corrected chi connectivity index (χ1v) is 7.63. The molecule has 2 rings (SSSR count). The molecule has 0 heterocycles. The molecule has 0 fully saturated rings. The molecule has 124 valence electrons.